The van der Waals surface area contributed by atoms with Crippen LogP contribution >= 0.6 is 0 Å². The summed E-state index contributed by atoms with van der Waals surface area (Å²) in [5, 5.41) is 0. The second kappa shape index (κ2) is 7.58. The quantitative estimate of drug-likeness (QED) is 0.357. The van der Waals surface area contributed by atoms with Crippen LogP contribution in [-0.4, -0.2) is 17.4 Å². The molecule has 2 aromatic rings. The molecule has 0 saturated carbocycles. The Morgan fingerprint density at radius 2 is 1.30 bits per heavy atom. The van der Waals surface area contributed by atoms with E-state index in [0.29, 0.717) is 5.56 Å². The van der Waals surface area contributed by atoms with E-state index in [9.17, 15) is 9.59 Å². The molecule has 0 saturated heterocycles. The van der Waals surface area contributed by atoms with Crippen molar-refractivity contribution >= 4 is 11.8 Å². The molecule has 0 atom stereocenters. The van der Waals surface area contributed by atoms with Gasteiger partial charge in [-0.25, -0.2) is 4.79 Å². The van der Waals surface area contributed by atoms with Crippen LogP contribution in [0.5, 0.6) is 0 Å². The zero-order valence-corrected chi connectivity index (χ0v) is 15.7. The van der Waals surface area contributed by atoms with E-state index in [2.05, 4.69) is 0 Å². The van der Waals surface area contributed by atoms with Gasteiger partial charge in [-0.15, -0.1) is 0 Å². The molecule has 0 bridgehead atoms. The van der Waals surface area contributed by atoms with Crippen molar-refractivity contribution in [2.24, 2.45) is 0 Å². The lowest BCUT2D eigenvalue weighted by Gasteiger charge is -2.19. The van der Waals surface area contributed by atoms with Crippen LogP contribution in [0.15, 0.2) is 78.9 Å². The average Bonchev–Trinajstić information content (AvgIpc) is 3.32. The van der Waals surface area contributed by atoms with Gasteiger partial charge in [-0.2, -0.15) is 0 Å². The maximum Gasteiger partial charge on any atom is 0.338 e. The molecule has 0 N–H and O–H groups in total. The number of fused-ring (bicyclic) bond motifs is 1. The lowest BCUT2D eigenvalue weighted by Crippen LogP contribution is -2.23. The highest BCUT2D eigenvalue weighted by Gasteiger charge is 2.22. The van der Waals surface area contributed by atoms with Crippen molar-refractivity contribution in [1.29, 1.82) is 0 Å². The second-order valence-corrected chi connectivity index (χ2v) is 7.32. The Balaban J connectivity index is 0.000000157. The van der Waals surface area contributed by atoms with Crippen molar-refractivity contribution in [2.45, 2.75) is 26.4 Å². The number of hydrogen-bond donors (Lipinski definition) is 0. The van der Waals surface area contributed by atoms with Crippen molar-refractivity contribution in [2.75, 3.05) is 0 Å². The zero-order chi connectivity index (χ0) is 19.4. The Morgan fingerprint density at radius 1 is 0.741 bits per heavy atom. The topological polar surface area (TPSA) is 43.4 Å². The predicted molar refractivity (Wildman–Crippen MR) is 107 cm³/mol. The molecule has 3 nitrogen and oxygen atoms in total. The van der Waals surface area contributed by atoms with Crippen LogP contribution in [0.1, 0.15) is 47.1 Å². The Kier molecular flexibility index (Phi) is 5.22. The Bertz CT molecular complexity index is 952. The number of ether oxygens (including phenoxy) is 1. The first-order chi connectivity index (χ1) is 12.8. The number of esters is 1. The van der Waals surface area contributed by atoms with Crippen molar-refractivity contribution < 1.29 is 14.3 Å². The van der Waals surface area contributed by atoms with Gasteiger partial charge in [-0.3, -0.25) is 4.79 Å². The maximum atomic E-state index is 11.9. The van der Waals surface area contributed by atoms with Crippen LogP contribution in [0.2, 0.25) is 0 Å². The van der Waals surface area contributed by atoms with Gasteiger partial charge in [0.05, 0.1) is 5.56 Å². The van der Waals surface area contributed by atoms with E-state index in [1.54, 1.807) is 12.1 Å². The van der Waals surface area contributed by atoms with E-state index in [4.69, 9.17) is 4.74 Å². The predicted octanol–water partition coefficient (Wildman–Crippen LogP) is 5.54. The minimum Gasteiger partial charge on any atom is -0.456 e. The SMILES string of the molecule is CC(C)(C)OC(=O)c1ccccc1.O=C(c1ccccc1)c1ccc2cc1-2. The molecule has 4 rings (SSSR count). The minimum absolute atomic E-state index is 0.126. The first-order valence-corrected chi connectivity index (χ1v) is 8.88. The van der Waals surface area contributed by atoms with Gasteiger partial charge in [0.2, 0.25) is 0 Å². The molecule has 3 heteroatoms. The molecule has 0 radical (unpaired) electrons. The zero-order valence-electron chi connectivity index (χ0n) is 15.7. The third kappa shape index (κ3) is 4.91. The van der Waals surface area contributed by atoms with Gasteiger partial charge in [0, 0.05) is 11.1 Å². The van der Waals surface area contributed by atoms with Crippen LogP contribution in [0.4, 0.5) is 0 Å². The highest BCUT2D eigenvalue weighted by Crippen LogP contribution is 2.39. The molecule has 27 heavy (non-hydrogen) atoms. The minimum atomic E-state index is -0.424. The third-order valence-corrected chi connectivity index (χ3v) is 3.94. The van der Waals surface area contributed by atoms with Gasteiger partial charge in [0.25, 0.3) is 0 Å². The Morgan fingerprint density at radius 3 is 1.74 bits per heavy atom. The van der Waals surface area contributed by atoms with Gasteiger partial charge < -0.3 is 4.74 Å². The summed E-state index contributed by atoms with van der Waals surface area (Å²) in [5.41, 5.74) is 4.11. The fourth-order valence-electron chi connectivity index (χ4n) is 2.61. The molecule has 0 heterocycles. The van der Waals surface area contributed by atoms with E-state index >= 15 is 0 Å². The van der Waals surface area contributed by atoms with Crippen molar-refractivity contribution in [3.8, 4) is 11.1 Å². The number of benzene rings is 3. The molecule has 2 aromatic carbocycles. The molecule has 0 fully saturated rings. The van der Waals surface area contributed by atoms with Crippen LogP contribution in [-0.2, 0) is 4.74 Å². The number of carbonyl (C=O) groups is 2. The summed E-state index contributed by atoms with van der Waals surface area (Å²) in [6.45, 7) is 5.56. The Labute approximate surface area is 159 Å². The van der Waals surface area contributed by atoms with Gasteiger partial charge in [-0.05, 0) is 56.2 Å². The molecule has 0 unspecified atom stereocenters. The van der Waals surface area contributed by atoms with Gasteiger partial charge in [-0.1, -0.05) is 54.6 Å². The molecular weight excluding hydrogens is 336 g/mol. The van der Waals surface area contributed by atoms with Crippen molar-refractivity contribution in [3.05, 3.63) is 95.6 Å². The molecule has 0 aliphatic heterocycles. The molecule has 0 spiro atoms. The van der Waals surface area contributed by atoms with Crippen molar-refractivity contribution in [1.82, 2.24) is 0 Å². The van der Waals surface area contributed by atoms with Crippen molar-refractivity contribution in [3.63, 3.8) is 0 Å². The van der Waals surface area contributed by atoms with E-state index in [1.807, 2.05) is 87.5 Å². The van der Waals surface area contributed by atoms with E-state index < -0.39 is 5.60 Å². The van der Waals surface area contributed by atoms with Crippen LogP contribution < -0.4 is 0 Å². The summed E-state index contributed by atoms with van der Waals surface area (Å²) < 4.78 is 5.18. The van der Waals surface area contributed by atoms with E-state index in [0.717, 1.165) is 16.7 Å². The summed E-state index contributed by atoms with van der Waals surface area (Å²) in [7, 11) is 0. The highest BCUT2D eigenvalue weighted by molar-refractivity contribution is 6.16. The highest BCUT2D eigenvalue weighted by atomic mass is 16.6. The van der Waals surface area contributed by atoms with Crippen LogP contribution in [0.25, 0.3) is 11.1 Å². The fraction of sp³-hybridized carbons (Fsp3) is 0.167. The summed E-state index contributed by atoms with van der Waals surface area (Å²) in [4.78, 5) is 23.4. The van der Waals surface area contributed by atoms with E-state index in [-0.39, 0.29) is 11.8 Å². The largest absolute Gasteiger partial charge is 0.456 e. The third-order valence-electron chi connectivity index (χ3n) is 3.94. The lowest BCUT2D eigenvalue weighted by molar-refractivity contribution is 0.00694. The smallest absolute Gasteiger partial charge is 0.338 e. The standard InChI is InChI=1S/C13H8O.C11H14O2/c14-13(9-4-2-1-3-5-9)11-7-6-10-8-12(10)11;1-11(2,3)13-10(12)9-7-5-4-6-8-9/h1-8H;4-8H,1-3H3. The molecule has 0 amide bonds. The van der Waals surface area contributed by atoms with Gasteiger partial charge in [0.15, 0.2) is 5.78 Å². The molecule has 0 aromatic heterocycles. The number of carbonyl (C=O) groups excluding carboxylic acids is 2. The Hall–Kier alpha value is -3.20. The van der Waals surface area contributed by atoms with Crippen LogP contribution in [0.3, 0.4) is 0 Å². The van der Waals surface area contributed by atoms with E-state index in [1.165, 1.54) is 5.56 Å². The van der Waals surface area contributed by atoms with Gasteiger partial charge >= 0.3 is 5.97 Å². The summed E-state index contributed by atoms with van der Waals surface area (Å²) in [5.74, 6) is -0.145. The van der Waals surface area contributed by atoms with Crippen LogP contribution in [0, 0.1) is 0 Å². The number of ketones is 1. The molecule has 136 valence electrons. The fourth-order valence-corrected chi connectivity index (χ4v) is 2.61. The first-order valence-electron chi connectivity index (χ1n) is 8.88. The monoisotopic (exact) mass is 358 g/mol. The molecular formula is C24H22O3. The van der Waals surface area contributed by atoms with Gasteiger partial charge in [0.1, 0.15) is 5.60 Å². The number of rotatable bonds is 3. The lowest BCUT2D eigenvalue weighted by atomic mass is 10.1. The summed E-state index contributed by atoms with van der Waals surface area (Å²) in [6, 6.07) is 24.3. The maximum absolute atomic E-state index is 11.9. The average molecular weight is 358 g/mol. The second-order valence-electron chi connectivity index (χ2n) is 7.32. The first kappa shape index (κ1) is 18.6. The molecule has 2 aliphatic carbocycles. The molecule has 2 aliphatic rings. The summed E-state index contributed by atoms with van der Waals surface area (Å²) in [6.07, 6.45) is 0. The summed E-state index contributed by atoms with van der Waals surface area (Å²) >= 11 is 0. The number of hydrogen-bond acceptors (Lipinski definition) is 3. The normalized spacial score (nSPS) is 11.1.